The maximum atomic E-state index is 11.0. The molecule has 1 aromatic carbocycles. The monoisotopic (exact) mass is 315 g/mol. The van der Waals surface area contributed by atoms with Gasteiger partial charge in [-0.25, -0.2) is 8.42 Å². The zero-order chi connectivity index (χ0) is 13.7. The van der Waals surface area contributed by atoms with Gasteiger partial charge in [-0.2, -0.15) is 0 Å². The molecule has 0 aliphatic carbocycles. The predicted octanol–water partition coefficient (Wildman–Crippen LogP) is 2.42. The Labute approximate surface area is 120 Å². The fraction of sp³-hybridized carbons (Fsp3) is 0.273. The lowest BCUT2D eigenvalue weighted by molar-refractivity contribution is 0.603. The number of benzene rings is 1. The molecular weight excluding hydrogens is 302 g/mol. The van der Waals surface area contributed by atoms with E-state index in [2.05, 4.69) is 15.5 Å². The molecule has 1 N–H and O–H groups in total. The molecule has 0 aliphatic heterocycles. The topological polar surface area (TPSA) is 72.0 Å². The van der Waals surface area contributed by atoms with Gasteiger partial charge in [0.1, 0.15) is 9.84 Å². The number of hydrogen-bond acceptors (Lipinski definition) is 7. The number of hydrogen-bond donors (Lipinski definition) is 1. The average molecular weight is 315 g/mol. The van der Waals surface area contributed by atoms with E-state index in [4.69, 9.17) is 0 Å². The summed E-state index contributed by atoms with van der Waals surface area (Å²) in [5, 5.41) is 11.9. The van der Waals surface area contributed by atoms with Crippen LogP contribution in [0.25, 0.3) is 0 Å². The van der Waals surface area contributed by atoms with E-state index in [1.54, 1.807) is 0 Å². The quantitative estimate of drug-likeness (QED) is 0.825. The molecule has 19 heavy (non-hydrogen) atoms. The Morgan fingerprint density at radius 3 is 2.68 bits per heavy atom. The second-order valence-electron chi connectivity index (χ2n) is 3.84. The van der Waals surface area contributed by atoms with Crippen LogP contribution in [0.15, 0.2) is 34.7 Å². The smallest absolute Gasteiger partial charge is 0.210 e. The summed E-state index contributed by atoms with van der Waals surface area (Å²) in [6, 6.07) is 9.70. The molecule has 0 aliphatic rings. The van der Waals surface area contributed by atoms with Crippen molar-refractivity contribution >= 4 is 43.8 Å². The van der Waals surface area contributed by atoms with E-state index in [1.165, 1.54) is 29.4 Å². The molecular formula is C11H13N3O2S3. The normalized spacial score (nSPS) is 11.4. The van der Waals surface area contributed by atoms with Crippen molar-refractivity contribution in [3.8, 4) is 0 Å². The second-order valence-corrected chi connectivity index (χ2v) is 8.42. The first-order valence-electron chi connectivity index (χ1n) is 5.49. The van der Waals surface area contributed by atoms with Crippen molar-refractivity contribution in [3.63, 3.8) is 0 Å². The summed E-state index contributed by atoms with van der Waals surface area (Å²) in [4.78, 5) is 0. The van der Waals surface area contributed by atoms with Gasteiger partial charge in [0.05, 0.1) is 5.75 Å². The fourth-order valence-electron chi connectivity index (χ4n) is 1.24. The SMILES string of the molecule is CS(=O)(=O)CCSc1nnc(Nc2ccccc2)s1. The lowest BCUT2D eigenvalue weighted by Gasteiger charge is -1.99. The molecule has 2 aromatic rings. The summed E-state index contributed by atoms with van der Waals surface area (Å²) in [5.74, 6) is 0.650. The Hall–Kier alpha value is -1.12. The van der Waals surface area contributed by atoms with E-state index in [-0.39, 0.29) is 5.75 Å². The van der Waals surface area contributed by atoms with E-state index in [9.17, 15) is 8.42 Å². The summed E-state index contributed by atoms with van der Waals surface area (Å²) in [6.45, 7) is 0. The first-order chi connectivity index (χ1) is 9.03. The van der Waals surface area contributed by atoms with Gasteiger partial charge in [0.15, 0.2) is 4.34 Å². The molecule has 0 saturated heterocycles. The number of thioether (sulfide) groups is 1. The van der Waals surface area contributed by atoms with Crippen molar-refractivity contribution < 1.29 is 8.42 Å². The zero-order valence-electron chi connectivity index (χ0n) is 10.2. The van der Waals surface area contributed by atoms with Crippen molar-refractivity contribution in [2.75, 3.05) is 23.1 Å². The van der Waals surface area contributed by atoms with Gasteiger partial charge in [-0.1, -0.05) is 41.3 Å². The fourth-order valence-corrected chi connectivity index (χ4v) is 4.28. The molecule has 0 atom stereocenters. The summed E-state index contributed by atoms with van der Waals surface area (Å²) in [7, 11) is -2.92. The number of anilines is 2. The standard InChI is InChI=1S/C11H13N3O2S3/c1-19(15,16)8-7-17-11-14-13-10(18-11)12-9-5-3-2-4-6-9/h2-6H,7-8H2,1H3,(H,12,13). The van der Waals surface area contributed by atoms with E-state index in [1.807, 2.05) is 30.3 Å². The molecule has 5 nitrogen and oxygen atoms in total. The third-order valence-corrected chi connectivity index (χ3v) is 5.29. The Morgan fingerprint density at radius 2 is 2.00 bits per heavy atom. The van der Waals surface area contributed by atoms with E-state index < -0.39 is 9.84 Å². The highest BCUT2D eigenvalue weighted by molar-refractivity contribution is 8.02. The molecule has 1 aromatic heterocycles. The first-order valence-corrected chi connectivity index (χ1v) is 9.35. The second kappa shape index (κ2) is 6.36. The zero-order valence-corrected chi connectivity index (χ0v) is 12.7. The van der Waals surface area contributed by atoms with E-state index in [0.717, 1.165) is 10.0 Å². The molecule has 0 saturated carbocycles. The summed E-state index contributed by atoms with van der Waals surface area (Å²) >= 11 is 2.82. The molecule has 8 heteroatoms. The predicted molar refractivity (Wildman–Crippen MR) is 80.1 cm³/mol. The Bertz CT molecular complexity index is 626. The highest BCUT2D eigenvalue weighted by atomic mass is 32.2. The third kappa shape index (κ3) is 5.17. The summed E-state index contributed by atoms with van der Waals surface area (Å²) < 4.78 is 22.8. The van der Waals surface area contributed by atoms with Crippen LogP contribution in [-0.4, -0.2) is 36.4 Å². The molecule has 0 bridgehead atoms. The largest absolute Gasteiger partial charge is 0.330 e. The number of para-hydroxylation sites is 1. The summed E-state index contributed by atoms with van der Waals surface area (Å²) in [5.41, 5.74) is 0.950. The van der Waals surface area contributed by atoms with Crippen LogP contribution in [0.5, 0.6) is 0 Å². The van der Waals surface area contributed by atoms with Gasteiger partial charge in [0.25, 0.3) is 0 Å². The van der Waals surface area contributed by atoms with Crippen molar-refractivity contribution in [3.05, 3.63) is 30.3 Å². The molecule has 1 heterocycles. The van der Waals surface area contributed by atoms with E-state index >= 15 is 0 Å². The summed E-state index contributed by atoms with van der Waals surface area (Å²) in [6.07, 6.45) is 1.23. The highest BCUT2D eigenvalue weighted by Crippen LogP contribution is 2.27. The van der Waals surface area contributed by atoms with Crippen LogP contribution in [0.2, 0.25) is 0 Å². The molecule has 2 rings (SSSR count). The Kier molecular flexibility index (Phi) is 4.78. The van der Waals surface area contributed by atoms with Crippen molar-refractivity contribution in [1.29, 1.82) is 0 Å². The van der Waals surface area contributed by atoms with Gasteiger partial charge in [0, 0.05) is 17.7 Å². The van der Waals surface area contributed by atoms with Crippen molar-refractivity contribution in [2.45, 2.75) is 4.34 Å². The van der Waals surface area contributed by atoms with Crippen LogP contribution in [0.1, 0.15) is 0 Å². The minimum absolute atomic E-state index is 0.151. The maximum absolute atomic E-state index is 11.0. The number of sulfone groups is 1. The van der Waals surface area contributed by atoms with Crippen LogP contribution in [-0.2, 0) is 9.84 Å². The highest BCUT2D eigenvalue weighted by Gasteiger charge is 2.07. The van der Waals surface area contributed by atoms with Gasteiger partial charge >= 0.3 is 0 Å². The van der Waals surface area contributed by atoms with Crippen LogP contribution >= 0.6 is 23.1 Å². The van der Waals surface area contributed by atoms with Gasteiger partial charge in [-0.15, -0.1) is 10.2 Å². The molecule has 0 radical (unpaired) electrons. The maximum Gasteiger partial charge on any atom is 0.210 e. The van der Waals surface area contributed by atoms with Crippen LogP contribution in [0.3, 0.4) is 0 Å². The molecule has 102 valence electrons. The number of nitrogens with zero attached hydrogens (tertiary/aromatic N) is 2. The number of rotatable bonds is 6. The van der Waals surface area contributed by atoms with Crippen molar-refractivity contribution in [1.82, 2.24) is 10.2 Å². The van der Waals surface area contributed by atoms with Crippen molar-refractivity contribution in [2.24, 2.45) is 0 Å². The average Bonchev–Trinajstić information content (AvgIpc) is 2.76. The Morgan fingerprint density at radius 1 is 1.26 bits per heavy atom. The van der Waals surface area contributed by atoms with Gasteiger partial charge in [-0.3, -0.25) is 0 Å². The lowest BCUT2D eigenvalue weighted by Crippen LogP contribution is -2.04. The van der Waals surface area contributed by atoms with Gasteiger partial charge in [-0.05, 0) is 12.1 Å². The third-order valence-electron chi connectivity index (χ3n) is 2.11. The molecule has 0 amide bonds. The first kappa shape index (κ1) is 14.3. The van der Waals surface area contributed by atoms with Crippen LogP contribution in [0.4, 0.5) is 10.8 Å². The van der Waals surface area contributed by atoms with E-state index in [0.29, 0.717) is 10.9 Å². The number of nitrogens with one attached hydrogen (secondary N) is 1. The van der Waals surface area contributed by atoms with Gasteiger partial charge < -0.3 is 5.32 Å². The minimum Gasteiger partial charge on any atom is -0.330 e. The molecule has 0 spiro atoms. The van der Waals surface area contributed by atoms with Crippen LogP contribution < -0.4 is 5.32 Å². The Balaban J connectivity index is 1.89. The molecule has 0 fully saturated rings. The minimum atomic E-state index is -2.92. The number of aromatic nitrogens is 2. The molecule has 0 unspecified atom stereocenters. The van der Waals surface area contributed by atoms with Gasteiger partial charge in [0.2, 0.25) is 5.13 Å². The van der Waals surface area contributed by atoms with Crippen LogP contribution in [0, 0.1) is 0 Å². The lowest BCUT2D eigenvalue weighted by atomic mass is 10.3.